The van der Waals surface area contributed by atoms with Gasteiger partial charge in [0, 0.05) is 31.7 Å². The van der Waals surface area contributed by atoms with E-state index in [0.29, 0.717) is 44.8 Å². The van der Waals surface area contributed by atoms with Crippen LogP contribution in [0.15, 0.2) is 0 Å². The topological polar surface area (TPSA) is 94.7 Å². The lowest BCUT2D eigenvalue weighted by molar-refractivity contribution is -0.135. The number of aryl methyl sites for hydroxylation is 1. The lowest BCUT2D eigenvalue weighted by Crippen LogP contribution is -2.46. The summed E-state index contributed by atoms with van der Waals surface area (Å²) < 4.78 is 5.11. The van der Waals surface area contributed by atoms with E-state index in [1.54, 1.807) is 6.92 Å². The maximum absolute atomic E-state index is 12.9. The van der Waals surface area contributed by atoms with Crippen LogP contribution in [0.4, 0.5) is 0 Å². The molecule has 2 N–H and O–H groups in total. The number of nitrogens with zero attached hydrogens (tertiary/aromatic N) is 2. The fraction of sp³-hybridized carbons (Fsp3) is 0.731. The molecule has 0 unspecified atom stereocenters. The first kappa shape index (κ1) is 26.3. The summed E-state index contributed by atoms with van der Waals surface area (Å²) in [6, 6.07) is 0. The van der Waals surface area contributed by atoms with Gasteiger partial charge in [0.1, 0.15) is 5.69 Å². The minimum Gasteiger partial charge on any atom is -0.461 e. The quantitative estimate of drug-likeness (QED) is 0.402. The first-order valence-corrected chi connectivity index (χ1v) is 13.0. The first-order valence-electron chi connectivity index (χ1n) is 13.0. The van der Waals surface area contributed by atoms with Gasteiger partial charge in [-0.2, -0.15) is 0 Å². The number of aromatic nitrogens is 1. The van der Waals surface area contributed by atoms with E-state index in [1.807, 2.05) is 18.7 Å². The average Bonchev–Trinajstić information content (AvgIpc) is 3.14. The molecular weight excluding hydrogens is 432 g/mol. The van der Waals surface area contributed by atoms with Crippen molar-refractivity contribution in [3.8, 4) is 0 Å². The van der Waals surface area contributed by atoms with Gasteiger partial charge in [-0.05, 0) is 90.1 Å². The number of H-pyrrole nitrogens is 1. The van der Waals surface area contributed by atoms with Gasteiger partial charge in [0.15, 0.2) is 0 Å². The van der Waals surface area contributed by atoms with Crippen LogP contribution < -0.4 is 5.32 Å². The molecule has 8 nitrogen and oxygen atoms in total. The molecule has 0 aromatic carbocycles. The molecule has 1 atom stereocenters. The molecule has 0 radical (unpaired) electrons. The van der Waals surface area contributed by atoms with Gasteiger partial charge in [-0.1, -0.05) is 6.42 Å². The maximum Gasteiger partial charge on any atom is 0.355 e. The number of piperidine rings is 2. The van der Waals surface area contributed by atoms with Crippen LogP contribution in [0.5, 0.6) is 0 Å². The van der Waals surface area contributed by atoms with Crippen molar-refractivity contribution in [3.63, 3.8) is 0 Å². The predicted molar refractivity (Wildman–Crippen MR) is 132 cm³/mol. The fourth-order valence-corrected chi connectivity index (χ4v) is 5.22. The Labute approximate surface area is 203 Å². The Morgan fingerprint density at radius 3 is 2.59 bits per heavy atom. The van der Waals surface area contributed by atoms with Gasteiger partial charge in [0.25, 0.3) is 0 Å². The van der Waals surface area contributed by atoms with E-state index in [4.69, 9.17) is 4.74 Å². The standard InChI is InChI=1S/C26H42N4O4/c1-4-34-26(33)24-19(2)22(20(3)28-24)11-12-23(31)30-17-8-10-21(18-30)25(32)27-13-9-16-29-14-6-5-7-15-29/h21,28H,4-18H2,1-3H3,(H,27,32)/t21-/m0/s1. The number of rotatable bonds is 10. The molecule has 0 bridgehead atoms. The summed E-state index contributed by atoms with van der Waals surface area (Å²) in [5.41, 5.74) is 3.21. The zero-order chi connectivity index (χ0) is 24.5. The van der Waals surface area contributed by atoms with Crippen molar-refractivity contribution in [2.75, 3.05) is 45.9 Å². The second kappa shape index (κ2) is 12.9. The molecule has 0 spiro atoms. The van der Waals surface area contributed by atoms with E-state index in [-0.39, 0.29) is 23.7 Å². The first-order chi connectivity index (χ1) is 16.4. The van der Waals surface area contributed by atoms with E-state index in [0.717, 1.165) is 42.6 Å². The lowest BCUT2D eigenvalue weighted by Gasteiger charge is -2.32. The highest BCUT2D eigenvalue weighted by atomic mass is 16.5. The van der Waals surface area contributed by atoms with E-state index >= 15 is 0 Å². The number of ether oxygens (including phenoxy) is 1. The third-order valence-electron chi connectivity index (χ3n) is 7.21. The monoisotopic (exact) mass is 474 g/mol. The summed E-state index contributed by atoms with van der Waals surface area (Å²) in [4.78, 5) is 45.2. The zero-order valence-corrected chi connectivity index (χ0v) is 21.2. The molecule has 2 saturated heterocycles. The molecule has 0 aliphatic carbocycles. The number of carbonyl (C=O) groups is 3. The summed E-state index contributed by atoms with van der Waals surface area (Å²) in [5, 5.41) is 3.10. The number of amides is 2. The van der Waals surface area contributed by atoms with Crippen LogP contribution >= 0.6 is 0 Å². The number of likely N-dealkylation sites (tertiary alicyclic amines) is 2. The number of carbonyl (C=O) groups excluding carboxylic acids is 3. The molecule has 1 aromatic heterocycles. The second-order valence-corrected chi connectivity index (χ2v) is 9.67. The second-order valence-electron chi connectivity index (χ2n) is 9.67. The highest BCUT2D eigenvalue weighted by Crippen LogP contribution is 2.22. The minimum absolute atomic E-state index is 0.0697. The number of hydrogen-bond acceptors (Lipinski definition) is 5. The van der Waals surface area contributed by atoms with Crippen LogP contribution in [0.2, 0.25) is 0 Å². The van der Waals surface area contributed by atoms with E-state index in [9.17, 15) is 14.4 Å². The van der Waals surface area contributed by atoms with Crippen molar-refractivity contribution < 1.29 is 19.1 Å². The summed E-state index contributed by atoms with van der Waals surface area (Å²) >= 11 is 0. The highest BCUT2D eigenvalue weighted by molar-refractivity contribution is 5.90. The average molecular weight is 475 g/mol. The molecule has 190 valence electrons. The van der Waals surface area contributed by atoms with Gasteiger partial charge in [-0.25, -0.2) is 4.79 Å². The Morgan fingerprint density at radius 2 is 1.85 bits per heavy atom. The van der Waals surface area contributed by atoms with Crippen LogP contribution in [0, 0.1) is 19.8 Å². The van der Waals surface area contributed by atoms with E-state index in [2.05, 4.69) is 15.2 Å². The highest BCUT2D eigenvalue weighted by Gasteiger charge is 2.28. The van der Waals surface area contributed by atoms with Gasteiger partial charge in [0.05, 0.1) is 12.5 Å². The van der Waals surface area contributed by atoms with E-state index in [1.165, 1.54) is 32.4 Å². The smallest absolute Gasteiger partial charge is 0.355 e. The van der Waals surface area contributed by atoms with E-state index < -0.39 is 0 Å². The summed E-state index contributed by atoms with van der Waals surface area (Å²) in [7, 11) is 0. The normalized spacial score (nSPS) is 19.1. The Morgan fingerprint density at radius 1 is 1.09 bits per heavy atom. The van der Waals surface area contributed by atoms with Gasteiger partial charge in [0.2, 0.25) is 11.8 Å². The molecule has 1 aromatic rings. The molecule has 2 amide bonds. The number of hydrogen-bond donors (Lipinski definition) is 2. The van der Waals surface area contributed by atoms with Gasteiger partial charge < -0.3 is 24.8 Å². The van der Waals surface area contributed by atoms with Crippen LogP contribution in [-0.4, -0.2) is 78.4 Å². The predicted octanol–water partition coefficient (Wildman–Crippen LogP) is 2.97. The summed E-state index contributed by atoms with van der Waals surface area (Å²) in [6.07, 6.45) is 7.51. The fourth-order valence-electron chi connectivity index (χ4n) is 5.22. The van der Waals surface area contributed by atoms with Gasteiger partial charge in [-0.15, -0.1) is 0 Å². The number of esters is 1. The maximum atomic E-state index is 12.9. The van der Waals surface area contributed by atoms with Crippen LogP contribution in [-0.2, 0) is 20.7 Å². The molecule has 2 fully saturated rings. The molecule has 2 aliphatic rings. The van der Waals surface area contributed by atoms with Crippen molar-refractivity contribution in [2.45, 2.75) is 72.1 Å². The van der Waals surface area contributed by atoms with Crippen molar-refractivity contribution >= 4 is 17.8 Å². The largest absolute Gasteiger partial charge is 0.461 e. The van der Waals surface area contributed by atoms with Crippen molar-refractivity contribution in [1.82, 2.24) is 20.1 Å². The Kier molecular flexibility index (Phi) is 9.99. The molecular formula is C26H42N4O4. The van der Waals surface area contributed by atoms with Crippen molar-refractivity contribution in [1.29, 1.82) is 0 Å². The molecule has 3 heterocycles. The van der Waals surface area contributed by atoms with Crippen LogP contribution in [0.1, 0.15) is 79.2 Å². The Hall–Kier alpha value is -2.35. The number of aromatic amines is 1. The van der Waals surface area contributed by atoms with Crippen LogP contribution in [0.25, 0.3) is 0 Å². The lowest BCUT2D eigenvalue weighted by atomic mass is 9.96. The van der Waals surface area contributed by atoms with Gasteiger partial charge in [-0.3, -0.25) is 9.59 Å². The molecule has 8 heteroatoms. The molecule has 0 saturated carbocycles. The minimum atomic E-state index is -0.360. The molecule has 2 aliphatic heterocycles. The summed E-state index contributed by atoms with van der Waals surface area (Å²) in [6.45, 7) is 11.2. The molecule has 34 heavy (non-hydrogen) atoms. The van der Waals surface area contributed by atoms with Crippen molar-refractivity contribution in [2.24, 2.45) is 5.92 Å². The SMILES string of the molecule is CCOC(=O)c1[nH]c(C)c(CCC(=O)N2CCC[C@H](C(=O)NCCCN3CCCCC3)C2)c1C. The molecule has 3 rings (SSSR count). The van der Waals surface area contributed by atoms with Crippen molar-refractivity contribution in [3.05, 3.63) is 22.5 Å². The van der Waals surface area contributed by atoms with Crippen LogP contribution in [0.3, 0.4) is 0 Å². The Bertz CT molecular complexity index is 844. The Balaban J connectivity index is 1.43. The third-order valence-corrected chi connectivity index (χ3v) is 7.21. The third kappa shape index (κ3) is 7.08. The summed E-state index contributed by atoms with van der Waals surface area (Å²) in [5.74, 6) is -0.340. The zero-order valence-electron chi connectivity index (χ0n) is 21.2. The number of nitrogens with one attached hydrogen (secondary N) is 2. The van der Waals surface area contributed by atoms with Gasteiger partial charge >= 0.3 is 5.97 Å².